The fourth-order valence-electron chi connectivity index (χ4n) is 1.83. The molecule has 0 amide bonds. The minimum atomic E-state index is -5.84. The molecule has 0 aliphatic heterocycles. The van der Waals surface area contributed by atoms with Gasteiger partial charge in [0.05, 0.1) is 11.6 Å². The molecule has 6 nitrogen and oxygen atoms in total. The predicted molar refractivity (Wildman–Crippen MR) is 104 cm³/mol. The summed E-state index contributed by atoms with van der Waals surface area (Å²) in [6.45, 7) is 1.43. The van der Waals surface area contributed by atoms with Crippen molar-refractivity contribution < 1.29 is 48.5 Å². The molecule has 12 heteroatoms. The van der Waals surface area contributed by atoms with E-state index in [1.807, 2.05) is 48.6 Å². The molecule has 2 aromatic heterocycles. The summed E-state index contributed by atoms with van der Waals surface area (Å²) in [6.07, 6.45) is 5.51. The van der Waals surface area contributed by atoms with Crippen LogP contribution >= 0.6 is 11.8 Å². The van der Waals surface area contributed by atoms with Gasteiger partial charge in [-0.3, -0.25) is 14.5 Å². The van der Waals surface area contributed by atoms with Gasteiger partial charge in [-0.15, -0.1) is 11.8 Å². The van der Waals surface area contributed by atoms with E-state index in [0.717, 1.165) is 11.3 Å². The minimum Gasteiger partial charge on any atom is -0.279 e. The zero-order chi connectivity index (χ0) is 21.9. The summed E-state index contributed by atoms with van der Waals surface area (Å²) in [4.78, 5) is 9.72. The first-order chi connectivity index (χ1) is 13.6. The average molecular weight is 551 g/mol. The molecule has 0 radical (unpaired) electrons. The molecule has 0 spiro atoms. The van der Waals surface area contributed by atoms with Crippen molar-refractivity contribution in [3.05, 3.63) is 66.6 Å². The third kappa shape index (κ3) is 9.71. The number of benzene rings is 1. The van der Waals surface area contributed by atoms with Gasteiger partial charge in [-0.25, -0.2) is 0 Å². The van der Waals surface area contributed by atoms with Gasteiger partial charge in [0.15, 0.2) is 0 Å². The first-order valence-electron chi connectivity index (χ1n) is 7.80. The van der Waals surface area contributed by atoms with E-state index in [1.54, 1.807) is 6.07 Å². The molecular weight excluding hydrogens is 535 g/mol. The molecule has 3 rings (SSSR count). The van der Waals surface area contributed by atoms with Crippen molar-refractivity contribution in [3.8, 4) is 6.07 Å². The number of hydrogen-bond donors (Lipinski definition) is 1. The number of halogens is 3. The smallest absolute Gasteiger partial charge is 0.279 e. The van der Waals surface area contributed by atoms with Crippen LogP contribution in [-0.2, 0) is 38.3 Å². The van der Waals surface area contributed by atoms with E-state index in [0.29, 0.717) is 0 Å². The molecule has 1 N–H and O–H groups in total. The summed E-state index contributed by atoms with van der Waals surface area (Å²) in [5, 5.41) is 8.51. The molecule has 0 aliphatic carbocycles. The van der Waals surface area contributed by atoms with Crippen molar-refractivity contribution in [1.82, 2.24) is 9.97 Å². The van der Waals surface area contributed by atoms with Crippen LogP contribution in [0.4, 0.5) is 13.2 Å². The molecular formula is C18H16AgF3N3O3S2+. The number of aromatic nitrogens is 2. The van der Waals surface area contributed by atoms with Crippen LogP contribution in [0.15, 0.2) is 66.0 Å². The number of nitriles is 1. The summed E-state index contributed by atoms with van der Waals surface area (Å²) in [5.41, 5.74) is -3.17. The number of nitrogens with zero attached hydrogens (tertiary/aromatic N) is 3. The van der Waals surface area contributed by atoms with E-state index in [1.165, 1.54) is 22.8 Å². The van der Waals surface area contributed by atoms with E-state index >= 15 is 0 Å². The van der Waals surface area contributed by atoms with E-state index < -0.39 is 15.6 Å². The van der Waals surface area contributed by atoms with Gasteiger partial charge in [-0.2, -0.15) is 26.9 Å². The zero-order valence-corrected chi connectivity index (χ0v) is 18.5. The second-order valence-electron chi connectivity index (χ2n) is 5.12. The summed E-state index contributed by atoms with van der Waals surface area (Å²) in [7, 11) is -5.84. The topological polar surface area (TPSA) is 104 Å². The van der Waals surface area contributed by atoms with Crippen LogP contribution in [0, 0.1) is 11.3 Å². The third-order valence-corrected chi connectivity index (χ3v) is 4.73. The number of rotatable bonds is 3. The van der Waals surface area contributed by atoms with E-state index in [9.17, 15) is 13.2 Å². The largest absolute Gasteiger partial charge is 1.00 e. The average Bonchev–Trinajstić information content (AvgIpc) is 2.67. The normalized spacial score (nSPS) is 10.4. The molecule has 1 aromatic carbocycles. The maximum Gasteiger partial charge on any atom is 1.00 e. The first-order valence-corrected chi connectivity index (χ1v) is 10.2. The Hall–Kier alpha value is -1.94. The number of thioether (sulfide) groups is 1. The van der Waals surface area contributed by atoms with Gasteiger partial charge < -0.3 is 0 Å². The summed E-state index contributed by atoms with van der Waals surface area (Å²) < 4.78 is 57.5. The molecule has 0 bridgehead atoms. The standard InChI is InChI=1S/C15H12N2S.C2H3N.CHF3O3S.Ag/c1-3-13-4-2-8-17-15(13)14(5-1)18-11-12-6-9-16-10-7-12;1-2-3;2-1(3,4)8(5,6)7;/h1-10H,11H2;1H3;(H,5,6,7);/q;;;+1. The van der Waals surface area contributed by atoms with Crippen LogP contribution in [-0.4, -0.2) is 28.4 Å². The monoisotopic (exact) mass is 550 g/mol. The number of alkyl halides is 3. The number of hydrogen-bond acceptors (Lipinski definition) is 6. The van der Waals surface area contributed by atoms with Gasteiger partial charge in [0.2, 0.25) is 0 Å². The summed E-state index contributed by atoms with van der Waals surface area (Å²) >= 11 is 1.81. The van der Waals surface area contributed by atoms with Gasteiger partial charge in [0, 0.05) is 41.5 Å². The Bertz CT molecular complexity index is 1060. The number of para-hydroxylation sites is 1. The van der Waals surface area contributed by atoms with Crippen molar-refractivity contribution in [3.63, 3.8) is 0 Å². The molecule has 2 heterocycles. The fourth-order valence-corrected chi connectivity index (χ4v) is 2.83. The maximum absolute atomic E-state index is 10.7. The van der Waals surface area contributed by atoms with Crippen molar-refractivity contribution in [1.29, 1.82) is 5.26 Å². The molecule has 0 aliphatic rings. The second kappa shape index (κ2) is 13.4. The molecule has 3 aromatic rings. The Balaban J connectivity index is 0.000000597. The molecule has 164 valence electrons. The minimum absolute atomic E-state index is 0. The van der Waals surface area contributed by atoms with E-state index in [2.05, 4.69) is 34.2 Å². The third-order valence-electron chi connectivity index (χ3n) is 3.03. The molecule has 0 saturated heterocycles. The Morgan fingerprint density at radius 1 is 1.10 bits per heavy atom. The van der Waals surface area contributed by atoms with Gasteiger partial charge in [-0.1, -0.05) is 18.2 Å². The van der Waals surface area contributed by atoms with Crippen molar-refractivity contribution >= 4 is 32.8 Å². The Labute approximate surface area is 191 Å². The van der Waals surface area contributed by atoms with Crippen LogP contribution in [0.2, 0.25) is 0 Å². The molecule has 0 atom stereocenters. The van der Waals surface area contributed by atoms with Crippen LogP contribution in [0.5, 0.6) is 0 Å². The molecule has 0 saturated carbocycles. The van der Waals surface area contributed by atoms with Crippen LogP contribution in [0.3, 0.4) is 0 Å². The molecule has 0 unspecified atom stereocenters. The van der Waals surface area contributed by atoms with Gasteiger partial charge in [0.1, 0.15) is 0 Å². The van der Waals surface area contributed by atoms with E-state index in [4.69, 9.17) is 18.2 Å². The van der Waals surface area contributed by atoms with Gasteiger partial charge in [0.25, 0.3) is 0 Å². The van der Waals surface area contributed by atoms with Crippen molar-refractivity contribution in [2.75, 3.05) is 0 Å². The Morgan fingerprint density at radius 2 is 1.63 bits per heavy atom. The van der Waals surface area contributed by atoms with Crippen LogP contribution < -0.4 is 0 Å². The van der Waals surface area contributed by atoms with Crippen LogP contribution in [0.25, 0.3) is 10.9 Å². The van der Waals surface area contributed by atoms with Crippen molar-refractivity contribution in [2.24, 2.45) is 0 Å². The Morgan fingerprint density at radius 3 is 2.17 bits per heavy atom. The molecule has 0 fully saturated rings. The second-order valence-corrected chi connectivity index (χ2v) is 7.55. The quantitative estimate of drug-likeness (QED) is 0.215. The zero-order valence-electron chi connectivity index (χ0n) is 15.3. The van der Waals surface area contributed by atoms with Gasteiger partial charge >= 0.3 is 38.0 Å². The molecule has 30 heavy (non-hydrogen) atoms. The SMILES string of the molecule is CC#N.O=S(=O)(O)C(F)(F)F.[Ag+].c1cnc2c(SCc3ccncc3)cccc2c1. The number of fused-ring (bicyclic) bond motifs is 1. The van der Waals surface area contributed by atoms with Crippen LogP contribution in [0.1, 0.15) is 12.5 Å². The number of pyridine rings is 2. The van der Waals surface area contributed by atoms with Crippen molar-refractivity contribution in [2.45, 2.75) is 23.1 Å². The van der Waals surface area contributed by atoms with E-state index in [-0.39, 0.29) is 22.4 Å². The first kappa shape index (κ1) is 28.1. The summed E-state index contributed by atoms with van der Waals surface area (Å²) in [5.74, 6) is 0.943. The summed E-state index contributed by atoms with van der Waals surface area (Å²) in [6, 6.07) is 16.2. The van der Waals surface area contributed by atoms with Gasteiger partial charge in [-0.05, 0) is 29.8 Å². The fraction of sp³-hybridized carbons (Fsp3) is 0.167. The Kier molecular flexibility index (Phi) is 12.5. The predicted octanol–water partition coefficient (Wildman–Crippen LogP) is 4.84. The maximum atomic E-state index is 10.7.